The van der Waals surface area contributed by atoms with Gasteiger partial charge in [0, 0.05) is 12.1 Å². The van der Waals surface area contributed by atoms with Gasteiger partial charge in [-0.1, -0.05) is 36.8 Å². The number of benzene rings is 1. The Morgan fingerprint density at radius 2 is 1.91 bits per heavy atom. The molecule has 2 heterocycles. The lowest BCUT2D eigenvalue weighted by Crippen LogP contribution is -2.31. The molecule has 1 aliphatic rings. The maximum Gasteiger partial charge on any atom is 0.236 e. The highest BCUT2D eigenvalue weighted by molar-refractivity contribution is 5.64. The maximum absolute atomic E-state index is 5.86. The molecule has 0 amide bonds. The van der Waals surface area contributed by atoms with Crippen LogP contribution in [0.2, 0.25) is 0 Å². The van der Waals surface area contributed by atoms with E-state index in [4.69, 9.17) is 4.74 Å². The van der Waals surface area contributed by atoms with E-state index >= 15 is 0 Å². The minimum atomic E-state index is 0.733. The van der Waals surface area contributed by atoms with E-state index in [9.17, 15) is 0 Å². The molecular formula is C18H25N3O. The van der Waals surface area contributed by atoms with Crippen LogP contribution >= 0.6 is 0 Å². The second-order valence-electron chi connectivity index (χ2n) is 6.00. The van der Waals surface area contributed by atoms with Gasteiger partial charge in [-0.15, -0.1) is 5.10 Å². The molecule has 4 heteroatoms. The van der Waals surface area contributed by atoms with E-state index in [1.54, 1.807) is 0 Å². The highest BCUT2D eigenvalue weighted by Gasteiger charge is 2.12. The third kappa shape index (κ3) is 3.69. The van der Waals surface area contributed by atoms with Gasteiger partial charge >= 0.3 is 0 Å². The van der Waals surface area contributed by atoms with E-state index in [1.165, 1.54) is 32.4 Å². The van der Waals surface area contributed by atoms with Crippen molar-refractivity contribution in [2.45, 2.75) is 32.6 Å². The summed E-state index contributed by atoms with van der Waals surface area (Å²) in [4.78, 5) is 2.54. The second-order valence-corrected chi connectivity index (χ2v) is 6.00. The number of H-pyrrole nitrogens is 1. The van der Waals surface area contributed by atoms with Gasteiger partial charge in [-0.25, -0.2) is 0 Å². The van der Waals surface area contributed by atoms with Gasteiger partial charge in [0.15, 0.2) is 0 Å². The maximum atomic E-state index is 5.86. The number of aromatic amines is 1. The molecule has 1 N–H and O–H groups in total. The first-order valence-electron chi connectivity index (χ1n) is 8.30. The van der Waals surface area contributed by atoms with E-state index in [0.29, 0.717) is 0 Å². The van der Waals surface area contributed by atoms with Gasteiger partial charge in [-0.2, -0.15) is 0 Å². The number of likely N-dealkylation sites (tertiary alicyclic amines) is 1. The molecule has 22 heavy (non-hydrogen) atoms. The first-order valence-corrected chi connectivity index (χ1v) is 8.30. The van der Waals surface area contributed by atoms with Crippen LogP contribution in [0.3, 0.4) is 0 Å². The zero-order chi connectivity index (χ0) is 15.2. The van der Waals surface area contributed by atoms with Crippen molar-refractivity contribution in [2.24, 2.45) is 0 Å². The average Bonchev–Trinajstić information content (AvgIpc) is 2.94. The molecule has 1 saturated heterocycles. The zero-order valence-corrected chi connectivity index (χ0v) is 13.3. The summed E-state index contributed by atoms with van der Waals surface area (Å²) in [5.74, 6) is 0.734. The van der Waals surface area contributed by atoms with Crippen molar-refractivity contribution in [3.8, 4) is 17.1 Å². The number of rotatable bonds is 6. The van der Waals surface area contributed by atoms with E-state index in [-0.39, 0.29) is 0 Å². The third-order valence-electron chi connectivity index (χ3n) is 4.33. The highest BCUT2D eigenvalue weighted by Crippen LogP contribution is 2.26. The molecule has 4 nitrogen and oxygen atoms in total. The van der Waals surface area contributed by atoms with Crippen molar-refractivity contribution in [1.82, 2.24) is 15.1 Å². The molecule has 0 unspecified atom stereocenters. The van der Waals surface area contributed by atoms with E-state index in [1.807, 2.05) is 18.2 Å². The number of hydrogen-bond acceptors (Lipinski definition) is 3. The SMILES string of the molecule is Cc1c(OCCCN2CCCCC2)n[nH]c1-c1ccccc1. The molecule has 118 valence electrons. The molecule has 1 aromatic carbocycles. The van der Waals surface area contributed by atoms with Gasteiger partial charge in [-0.05, 0) is 44.8 Å². The molecule has 0 atom stereocenters. The predicted molar refractivity (Wildman–Crippen MR) is 89.2 cm³/mol. The molecule has 1 aromatic heterocycles. The molecule has 0 aliphatic carbocycles. The molecule has 3 rings (SSSR count). The van der Waals surface area contributed by atoms with Crippen molar-refractivity contribution < 1.29 is 4.74 Å². The smallest absolute Gasteiger partial charge is 0.236 e. The largest absolute Gasteiger partial charge is 0.476 e. The molecule has 1 aliphatic heterocycles. The fourth-order valence-electron chi connectivity index (χ4n) is 3.05. The summed E-state index contributed by atoms with van der Waals surface area (Å²) in [5, 5.41) is 7.41. The Balaban J connectivity index is 1.50. The van der Waals surface area contributed by atoms with Crippen molar-refractivity contribution in [1.29, 1.82) is 0 Å². The van der Waals surface area contributed by atoms with Gasteiger partial charge in [0.1, 0.15) is 0 Å². The fourth-order valence-corrected chi connectivity index (χ4v) is 3.05. The lowest BCUT2D eigenvalue weighted by atomic mass is 10.1. The van der Waals surface area contributed by atoms with Gasteiger partial charge in [0.2, 0.25) is 5.88 Å². The van der Waals surface area contributed by atoms with Crippen LogP contribution in [0.1, 0.15) is 31.2 Å². The summed E-state index contributed by atoms with van der Waals surface area (Å²) >= 11 is 0. The standard InChI is InChI=1S/C18H25N3O/c1-15-17(16-9-4-2-5-10-16)19-20-18(15)22-14-8-13-21-11-6-3-7-12-21/h2,4-5,9-10H,3,6-8,11-14H2,1H3,(H,19,20). The Morgan fingerprint density at radius 3 is 2.68 bits per heavy atom. The van der Waals surface area contributed by atoms with Crippen LogP contribution in [-0.2, 0) is 0 Å². The van der Waals surface area contributed by atoms with E-state index in [0.717, 1.165) is 42.3 Å². The van der Waals surface area contributed by atoms with E-state index in [2.05, 4.69) is 34.2 Å². The molecule has 0 saturated carbocycles. The lowest BCUT2D eigenvalue weighted by molar-refractivity contribution is 0.202. The van der Waals surface area contributed by atoms with Crippen molar-refractivity contribution in [3.63, 3.8) is 0 Å². The van der Waals surface area contributed by atoms with Gasteiger partial charge in [0.05, 0.1) is 12.3 Å². The van der Waals surface area contributed by atoms with E-state index < -0.39 is 0 Å². The Labute approximate surface area is 132 Å². The number of ether oxygens (including phenoxy) is 1. The molecule has 2 aromatic rings. The monoisotopic (exact) mass is 299 g/mol. The molecule has 0 radical (unpaired) electrons. The van der Waals surface area contributed by atoms with Crippen molar-refractivity contribution in [2.75, 3.05) is 26.2 Å². The topological polar surface area (TPSA) is 41.1 Å². The Kier molecular flexibility index (Phi) is 5.11. The summed E-state index contributed by atoms with van der Waals surface area (Å²) in [6.07, 6.45) is 5.15. The summed E-state index contributed by atoms with van der Waals surface area (Å²) in [6, 6.07) is 10.3. The van der Waals surface area contributed by atoms with Crippen LogP contribution in [0.15, 0.2) is 30.3 Å². The van der Waals surface area contributed by atoms with Crippen LogP contribution in [0.4, 0.5) is 0 Å². The normalized spacial score (nSPS) is 15.9. The fraction of sp³-hybridized carbons (Fsp3) is 0.500. The first-order chi connectivity index (χ1) is 10.8. The average molecular weight is 299 g/mol. The summed E-state index contributed by atoms with van der Waals surface area (Å²) < 4.78 is 5.86. The van der Waals surface area contributed by atoms with Crippen LogP contribution in [-0.4, -0.2) is 41.3 Å². The lowest BCUT2D eigenvalue weighted by Gasteiger charge is -2.26. The molecule has 1 fully saturated rings. The van der Waals surface area contributed by atoms with Gasteiger partial charge in [0.25, 0.3) is 0 Å². The zero-order valence-electron chi connectivity index (χ0n) is 13.3. The molecular weight excluding hydrogens is 274 g/mol. The quantitative estimate of drug-likeness (QED) is 0.828. The second kappa shape index (κ2) is 7.45. The Morgan fingerprint density at radius 1 is 1.14 bits per heavy atom. The number of nitrogens with one attached hydrogen (secondary N) is 1. The summed E-state index contributed by atoms with van der Waals surface area (Å²) in [6.45, 7) is 6.43. The summed E-state index contributed by atoms with van der Waals surface area (Å²) in [5.41, 5.74) is 3.28. The predicted octanol–water partition coefficient (Wildman–Crippen LogP) is 3.64. The van der Waals surface area contributed by atoms with Crippen LogP contribution in [0, 0.1) is 6.92 Å². The third-order valence-corrected chi connectivity index (χ3v) is 4.33. The first kappa shape index (κ1) is 15.1. The number of aromatic nitrogens is 2. The number of nitrogens with zero attached hydrogens (tertiary/aromatic N) is 2. The van der Waals surface area contributed by atoms with Gasteiger partial charge < -0.3 is 9.64 Å². The Bertz CT molecular complexity index is 573. The van der Waals surface area contributed by atoms with Crippen molar-refractivity contribution >= 4 is 0 Å². The summed E-state index contributed by atoms with van der Waals surface area (Å²) in [7, 11) is 0. The molecule has 0 bridgehead atoms. The van der Waals surface area contributed by atoms with Crippen LogP contribution in [0.25, 0.3) is 11.3 Å². The van der Waals surface area contributed by atoms with Crippen LogP contribution in [0.5, 0.6) is 5.88 Å². The number of piperidine rings is 1. The minimum absolute atomic E-state index is 0.733. The molecule has 0 spiro atoms. The van der Waals surface area contributed by atoms with Gasteiger partial charge in [-0.3, -0.25) is 5.10 Å². The minimum Gasteiger partial charge on any atom is -0.476 e. The van der Waals surface area contributed by atoms with Crippen LogP contribution < -0.4 is 4.74 Å². The Hall–Kier alpha value is -1.81. The number of hydrogen-bond donors (Lipinski definition) is 1. The van der Waals surface area contributed by atoms with Crippen molar-refractivity contribution in [3.05, 3.63) is 35.9 Å². The highest BCUT2D eigenvalue weighted by atomic mass is 16.5.